The summed E-state index contributed by atoms with van der Waals surface area (Å²) in [6.45, 7) is 1.67. The first-order valence-corrected chi connectivity index (χ1v) is 10.7. The molecule has 0 bridgehead atoms. The fourth-order valence-corrected chi connectivity index (χ4v) is 3.48. The number of aliphatic imine (C=N–C) groups is 1. The Morgan fingerprint density at radius 1 is 0.909 bits per heavy atom. The lowest BCUT2D eigenvalue weighted by Crippen LogP contribution is -2.43. The second kappa shape index (κ2) is 12.2. The number of anilines is 1. The van der Waals surface area contributed by atoms with Crippen LogP contribution in [0.5, 0.6) is 5.75 Å². The molecule has 0 heterocycles. The molecule has 0 saturated heterocycles. The number of carbonyl (C=O) groups is 3. The largest absolute Gasteiger partial charge is 0.497 e. The van der Waals surface area contributed by atoms with E-state index in [1.807, 2.05) is 0 Å². The number of hydrogen-bond donors (Lipinski definition) is 3. The van der Waals surface area contributed by atoms with Crippen LogP contribution in [-0.2, 0) is 25.1 Å². The molecule has 0 saturated carbocycles. The summed E-state index contributed by atoms with van der Waals surface area (Å²) in [4.78, 5) is 40.4. The summed E-state index contributed by atoms with van der Waals surface area (Å²) >= 11 is 0. The molecule has 0 spiro atoms. The Labute approximate surface area is 193 Å². The lowest BCUT2D eigenvalue weighted by atomic mass is 10.2. The van der Waals surface area contributed by atoms with E-state index in [9.17, 15) is 18.6 Å². The predicted octanol–water partition coefficient (Wildman–Crippen LogP) is 2.91. The van der Waals surface area contributed by atoms with Gasteiger partial charge in [0, 0.05) is 16.2 Å². The third-order valence-corrected chi connectivity index (χ3v) is 5.48. The van der Waals surface area contributed by atoms with E-state index in [1.54, 1.807) is 37.3 Å². The Bertz CT molecular complexity index is 1050. The number of rotatable bonds is 6. The number of nitrogens with one attached hydrogen (secondary N) is 3. The highest BCUT2D eigenvalue weighted by Gasteiger charge is 2.15. The van der Waals surface area contributed by atoms with Gasteiger partial charge in [-0.15, -0.1) is 0 Å². The topological polar surface area (TPSA) is 144 Å². The van der Waals surface area contributed by atoms with Gasteiger partial charge in [0.05, 0.1) is 43.5 Å². The van der Waals surface area contributed by atoms with Gasteiger partial charge in [-0.1, -0.05) is 6.92 Å². The summed E-state index contributed by atoms with van der Waals surface area (Å²) in [5.74, 6) is 0.00651. The van der Waals surface area contributed by atoms with Crippen molar-refractivity contribution in [2.75, 3.05) is 26.6 Å². The van der Waals surface area contributed by atoms with E-state index in [0.29, 0.717) is 15.5 Å². The van der Waals surface area contributed by atoms with E-state index >= 15 is 0 Å². The van der Waals surface area contributed by atoms with Gasteiger partial charge in [0.25, 0.3) is 0 Å². The average molecular weight is 477 g/mol. The first kappa shape index (κ1) is 25.3. The Kier molecular flexibility index (Phi) is 9.36. The van der Waals surface area contributed by atoms with Crippen molar-refractivity contribution in [3.8, 4) is 5.75 Å². The third-order valence-electron chi connectivity index (χ3n) is 4.09. The van der Waals surface area contributed by atoms with Crippen LogP contribution in [0.25, 0.3) is 0 Å². The number of amides is 3. The van der Waals surface area contributed by atoms with Crippen LogP contribution in [0, 0.1) is 0 Å². The van der Waals surface area contributed by atoms with E-state index < -0.39 is 23.0 Å². The van der Waals surface area contributed by atoms with Crippen LogP contribution < -0.4 is 20.7 Å². The number of carbonyl (C=O) groups excluding carboxylic acids is 3. The smallest absolute Gasteiger partial charge is 0.413 e. The number of ether oxygens (including phenoxy) is 3. The molecule has 0 aromatic heterocycles. The molecule has 3 amide bonds. The van der Waals surface area contributed by atoms with Gasteiger partial charge in [-0.2, -0.15) is 0 Å². The molecule has 2 rings (SSSR count). The van der Waals surface area contributed by atoms with Gasteiger partial charge in [0.2, 0.25) is 11.9 Å². The van der Waals surface area contributed by atoms with Crippen LogP contribution in [0.15, 0.2) is 57.2 Å². The second-order valence-corrected chi connectivity index (χ2v) is 7.70. The van der Waals surface area contributed by atoms with Crippen molar-refractivity contribution in [1.82, 2.24) is 10.6 Å². The maximum atomic E-state index is 13.0. The van der Waals surface area contributed by atoms with E-state index in [4.69, 9.17) is 4.74 Å². The normalized spacial score (nSPS) is 10.9. The zero-order valence-electron chi connectivity index (χ0n) is 18.5. The van der Waals surface area contributed by atoms with E-state index in [-0.39, 0.29) is 29.7 Å². The summed E-state index contributed by atoms with van der Waals surface area (Å²) in [7, 11) is 2.25. The molecule has 1 unspecified atom stereocenters. The van der Waals surface area contributed by atoms with Crippen molar-refractivity contribution in [3.63, 3.8) is 0 Å². The molecular weight excluding hydrogens is 452 g/mol. The van der Waals surface area contributed by atoms with Gasteiger partial charge < -0.3 is 19.5 Å². The Balaban J connectivity index is 2.48. The zero-order valence-corrected chi connectivity index (χ0v) is 19.3. The molecule has 1 atom stereocenters. The van der Waals surface area contributed by atoms with Gasteiger partial charge in [-0.25, -0.2) is 18.8 Å². The van der Waals surface area contributed by atoms with Crippen LogP contribution in [-0.4, -0.2) is 49.6 Å². The number of nitrogens with zero attached hydrogens (tertiary/aromatic N) is 1. The lowest BCUT2D eigenvalue weighted by molar-refractivity contribution is -0.115. The van der Waals surface area contributed by atoms with Crippen molar-refractivity contribution >= 4 is 46.2 Å². The SMILES string of the molecule is CCC(=O)Nc1cc(S(=O)c2ccc(OC)cc2)ccc1N=C(NC(=O)OC)NC(=O)OC. The Morgan fingerprint density at radius 2 is 1.48 bits per heavy atom. The third kappa shape index (κ3) is 7.31. The Morgan fingerprint density at radius 3 is 2.00 bits per heavy atom. The maximum absolute atomic E-state index is 13.0. The molecule has 2 aromatic carbocycles. The molecular formula is C21H24N4O7S. The molecule has 12 heteroatoms. The van der Waals surface area contributed by atoms with Crippen LogP contribution in [0.3, 0.4) is 0 Å². The summed E-state index contributed by atoms with van der Waals surface area (Å²) in [6, 6.07) is 11.3. The summed E-state index contributed by atoms with van der Waals surface area (Å²) < 4.78 is 27.2. The van der Waals surface area contributed by atoms with Crippen molar-refractivity contribution in [1.29, 1.82) is 0 Å². The number of benzene rings is 2. The first-order valence-electron chi connectivity index (χ1n) is 9.59. The fourth-order valence-electron chi connectivity index (χ4n) is 2.41. The lowest BCUT2D eigenvalue weighted by Gasteiger charge is -2.13. The average Bonchev–Trinajstić information content (AvgIpc) is 2.84. The van der Waals surface area contributed by atoms with Crippen molar-refractivity contribution in [3.05, 3.63) is 42.5 Å². The number of hydrogen-bond acceptors (Lipinski definition) is 8. The Hall–Kier alpha value is -3.93. The van der Waals surface area contributed by atoms with Gasteiger partial charge in [-0.05, 0) is 42.5 Å². The van der Waals surface area contributed by atoms with E-state index in [2.05, 4.69) is 30.4 Å². The minimum absolute atomic E-state index is 0.176. The molecule has 11 nitrogen and oxygen atoms in total. The highest BCUT2D eigenvalue weighted by molar-refractivity contribution is 7.85. The number of guanidine groups is 1. The molecule has 0 aliphatic carbocycles. The molecule has 2 aromatic rings. The van der Waals surface area contributed by atoms with Crippen LogP contribution in [0.1, 0.15) is 13.3 Å². The standard InChI is InChI=1S/C21H24N4O7S/c1-5-18(26)22-17-12-15(33(29)14-8-6-13(30-2)7-9-14)10-11-16(17)23-19(24-20(27)31-3)25-21(28)32-4/h6-12H,5H2,1-4H3,(H,22,26)(H2,23,24,25,27,28). The quantitative estimate of drug-likeness (QED) is 0.429. The number of methoxy groups -OCH3 is 3. The number of alkyl carbamates (subject to hydrolysis) is 2. The van der Waals surface area contributed by atoms with Gasteiger partial charge in [0.1, 0.15) is 5.75 Å². The highest BCUT2D eigenvalue weighted by atomic mass is 32.2. The molecule has 0 radical (unpaired) electrons. The highest BCUT2D eigenvalue weighted by Crippen LogP contribution is 2.30. The van der Waals surface area contributed by atoms with Crippen molar-refractivity contribution in [2.45, 2.75) is 23.1 Å². The summed E-state index contributed by atoms with van der Waals surface area (Å²) in [5, 5.41) is 7.16. The minimum atomic E-state index is -1.56. The van der Waals surface area contributed by atoms with Gasteiger partial charge >= 0.3 is 12.2 Å². The second-order valence-electron chi connectivity index (χ2n) is 6.22. The molecule has 0 aliphatic heterocycles. The fraction of sp³-hybridized carbons (Fsp3) is 0.238. The summed E-state index contributed by atoms with van der Waals surface area (Å²) in [5.41, 5.74) is 0.395. The van der Waals surface area contributed by atoms with Gasteiger partial charge in [0.15, 0.2) is 0 Å². The van der Waals surface area contributed by atoms with Crippen molar-refractivity contribution in [2.24, 2.45) is 4.99 Å². The van der Waals surface area contributed by atoms with Crippen LogP contribution >= 0.6 is 0 Å². The monoisotopic (exact) mass is 476 g/mol. The minimum Gasteiger partial charge on any atom is -0.497 e. The predicted molar refractivity (Wildman–Crippen MR) is 121 cm³/mol. The zero-order chi connectivity index (χ0) is 24.4. The summed E-state index contributed by atoms with van der Waals surface area (Å²) in [6.07, 6.45) is -1.59. The first-order chi connectivity index (χ1) is 15.8. The molecule has 176 valence electrons. The molecule has 3 N–H and O–H groups in total. The van der Waals surface area contributed by atoms with Crippen molar-refractivity contribution < 1.29 is 32.8 Å². The van der Waals surface area contributed by atoms with E-state index in [0.717, 1.165) is 14.2 Å². The van der Waals surface area contributed by atoms with Crippen LogP contribution in [0.2, 0.25) is 0 Å². The van der Waals surface area contributed by atoms with Crippen LogP contribution in [0.4, 0.5) is 21.0 Å². The molecule has 0 fully saturated rings. The maximum Gasteiger partial charge on any atom is 0.413 e. The molecule has 0 aliphatic rings. The van der Waals surface area contributed by atoms with E-state index in [1.165, 1.54) is 19.2 Å². The van der Waals surface area contributed by atoms with Gasteiger partial charge in [-0.3, -0.25) is 15.4 Å². The molecule has 33 heavy (non-hydrogen) atoms.